The minimum Gasteiger partial charge on any atom is -0.480 e. The molecule has 0 aliphatic carbocycles. The Kier molecular flexibility index (Phi) is 10.3. The molecule has 0 saturated carbocycles. The van der Waals surface area contributed by atoms with Crippen LogP contribution in [0.5, 0.6) is 0 Å². The third-order valence-corrected chi connectivity index (χ3v) is 6.38. The first-order chi connectivity index (χ1) is 17.8. The lowest BCUT2D eigenvalue weighted by Crippen LogP contribution is -2.41. The van der Waals surface area contributed by atoms with Gasteiger partial charge >= 0.3 is 5.97 Å². The zero-order valence-corrected chi connectivity index (χ0v) is 21.5. The Morgan fingerprint density at radius 2 is 1.86 bits per heavy atom. The van der Waals surface area contributed by atoms with Crippen molar-refractivity contribution in [3.05, 3.63) is 46.4 Å². The van der Waals surface area contributed by atoms with Crippen LogP contribution in [0.1, 0.15) is 48.9 Å². The topological polar surface area (TPSA) is 193 Å². The fourth-order valence-corrected chi connectivity index (χ4v) is 4.16. The summed E-state index contributed by atoms with van der Waals surface area (Å²) in [4.78, 5) is 62.8. The van der Waals surface area contributed by atoms with Gasteiger partial charge in [-0.3, -0.25) is 19.4 Å². The maximum absolute atomic E-state index is 12.6. The number of carboxylic acid groups (broad SMARTS) is 1. The average molecular weight is 546 g/mol. The number of aromatic amines is 1. The number of carboxylic acids is 1. The predicted molar refractivity (Wildman–Crippen MR) is 145 cm³/mol. The summed E-state index contributed by atoms with van der Waals surface area (Å²) in [6.45, 7) is 0. The first kappa shape index (κ1) is 27.9. The van der Waals surface area contributed by atoms with Gasteiger partial charge in [-0.15, -0.1) is 11.7 Å². The lowest BCUT2D eigenvalue weighted by Gasteiger charge is -2.14. The van der Waals surface area contributed by atoms with Crippen molar-refractivity contribution in [3.8, 4) is 0 Å². The summed E-state index contributed by atoms with van der Waals surface area (Å²) in [5, 5.41) is 14.9. The molecule has 1 unspecified atom stereocenters. The third kappa shape index (κ3) is 8.46. The SMILES string of the molecule is Nc1nc2ncc(Nc3ccc(C(=O)NC(CCC(=O)CCCCCSS)C(=O)O)cc3)nc2c(=O)[nH]1. The van der Waals surface area contributed by atoms with E-state index in [1.165, 1.54) is 29.1 Å². The number of hydrogen-bond donors (Lipinski definition) is 6. The molecule has 196 valence electrons. The summed E-state index contributed by atoms with van der Waals surface area (Å²) < 4.78 is 0. The number of amides is 1. The van der Waals surface area contributed by atoms with Gasteiger partial charge in [0.05, 0.1) is 6.20 Å². The zero-order chi connectivity index (χ0) is 26.8. The number of nitrogens with zero attached hydrogens (tertiary/aromatic N) is 3. The number of rotatable bonds is 14. The highest BCUT2D eigenvalue weighted by atomic mass is 33.1. The van der Waals surface area contributed by atoms with Crippen LogP contribution in [0.3, 0.4) is 0 Å². The number of nitrogens with one attached hydrogen (secondary N) is 3. The monoisotopic (exact) mass is 545 g/mol. The molecule has 1 atom stereocenters. The van der Waals surface area contributed by atoms with Gasteiger partial charge < -0.3 is 21.5 Å². The summed E-state index contributed by atoms with van der Waals surface area (Å²) in [7, 11) is 1.46. The van der Waals surface area contributed by atoms with Crippen molar-refractivity contribution in [2.75, 3.05) is 16.8 Å². The normalized spacial score (nSPS) is 11.7. The van der Waals surface area contributed by atoms with Crippen LogP contribution in [0, 0.1) is 0 Å². The summed E-state index contributed by atoms with van der Waals surface area (Å²) in [5.41, 5.74) is 5.89. The molecular weight excluding hydrogens is 518 g/mol. The Balaban J connectivity index is 1.54. The number of aliphatic carboxylic acids is 1. The molecule has 6 N–H and O–H groups in total. The first-order valence-electron chi connectivity index (χ1n) is 11.5. The molecule has 0 saturated heterocycles. The Morgan fingerprint density at radius 3 is 2.57 bits per heavy atom. The van der Waals surface area contributed by atoms with Crippen molar-refractivity contribution in [3.63, 3.8) is 0 Å². The molecule has 0 bridgehead atoms. The number of Topliss-reactive ketones (excluding diaryl/α,β-unsaturated/α-hetero) is 1. The third-order valence-electron chi connectivity index (χ3n) is 5.36. The number of hydrogen-bond acceptors (Lipinski definition) is 11. The van der Waals surface area contributed by atoms with Gasteiger partial charge in [0.1, 0.15) is 17.6 Å². The number of fused-ring (bicyclic) bond motifs is 1. The number of carbonyl (C=O) groups excluding carboxylic acids is 2. The van der Waals surface area contributed by atoms with E-state index in [4.69, 9.17) is 5.73 Å². The number of anilines is 3. The average Bonchev–Trinajstić information content (AvgIpc) is 2.87. The molecule has 0 radical (unpaired) electrons. The molecule has 37 heavy (non-hydrogen) atoms. The number of H-pyrrole nitrogens is 1. The van der Waals surface area contributed by atoms with E-state index in [9.17, 15) is 24.3 Å². The van der Waals surface area contributed by atoms with E-state index in [2.05, 4.69) is 42.2 Å². The van der Waals surface area contributed by atoms with Gasteiger partial charge in [0.2, 0.25) is 5.95 Å². The molecule has 0 fully saturated rings. The summed E-state index contributed by atoms with van der Waals surface area (Å²) in [6.07, 6.45) is 4.53. The van der Waals surface area contributed by atoms with Crippen LogP contribution in [0.25, 0.3) is 11.2 Å². The second-order valence-corrected chi connectivity index (χ2v) is 9.61. The van der Waals surface area contributed by atoms with Crippen LogP contribution in [0.2, 0.25) is 0 Å². The second-order valence-electron chi connectivity index (χ2n) is 8.17. The van der Waals surface area contributed by atoms with Gasteiger partial charge in [0, 0.05) is 29.8 Å². The molecular formula is C23H27N7O5S2. The Hall–Kier alpha value is -3.65. The van der Waals surface area contributed by atoms with Gasteiger partial charge in [0.25, 0.3) is 11.5 Å². The first-order valence-corrected chi connectivity index (χ1v) is 13.5. The van der Waals surface area contributed by atoms with E-state index >= 15 is 0 Å². The Morgan fingerprint density at radius 1 is 1.11 bits per heavy atom. The maximum atomic E-state index is 12.6. The van der Waals surface area contributed by atoms with Crippen molar-refractivity contribution in [2.45, 2.75) is 44.6 Å². The van der Waals surface area contributed by atoms with Crippen molar-refractivity contribution in [2.24, 2.45) is 0 Å². The largest absolute Gasteiger partial charge is 0.480 e. The predicted octanol–water partition coefficient (Wildman–Crippen LogP) is 2.71. The quantitative estimate of drug-likeness (QED) is 0.0990. The number of ketones is 1. The van der Waals surface area contributed by atoms with Crippen molar-refractivity contribution in [1.82, 2.24) is 25.3 Å². The van der Waals surface area contributed by atoms with E-state index < -0.39 is 23.5 Å². The van der Waals surface area contributed by atoms with Crippen molar-refractivity contribution < 1.29 is 19.5 Å². The molecule has 0 spiro atoms. The van der Waals surface area contributed by atoms with E-state index in [-0.39, 0.29) is 47.1 Å². The highest BCUT2D eigenvalue weighted by Gasteiger charge is 2.21. The molecule has 1 amide bonds. The highest BCUT2D eigenvalue weighted by Crippen LogP contribution is 2.17. The fourth-order valence-electron chi connectivity index (χ4n) is 3.44. The van der Waals surface area contributed by atoms with Crippen molar-refractivity contribution in [1.29, 1.82) is 0 Å². The maximum Gasteiger partial charge on any atom is 0.326 e. The molecule has 12 nitrogen and oxygen atoms in total. The molecule has 2 aromatic heterocycles. The number of thiol groups is 1. The molecule has 2 heterocycles. The minimum atomic E-state index is -1.20. The number of benzene rings is 1. The Bertz CT molecular complexity index is 1320. The number of unbranched alkanes of at least 4 members (excludes halogenated alkanes) is 2. The van der Waals surface area contributed by atoms with E-state index in [0.29, 0.717) is 12.1 Å². The summed E-state index contributed by atoms with van der Waals surface area (Å²) in [5.74, 6) is -0.658. The fraction of sp³-hybridized carbons (Fsp3) is 0.348. The Labute approximate surface area is 221 Å². The van der Waals surface area contributed by atoms with E-state index in [1.807, 2.05) is 0 Å². The van der Waals surface area contributed by atoms with E-state index in [0.717, 1.165) is 25.0 Å². The summed E-state index contributed by atoms with van der Waals surface area (Å²) >= 11 is 4.07. The molecule has 0 aliphatic heterocycles. The number of nitrogen functional groups attached to an aromatic ring is 1. The van der Waals surface area contributed by atoms with E-state index in [1.54, 1.807) is 12.1 Å². The van der Waals surface area contributed by atoms with Crippen LogP contribution < -0.4 is 21.9 Å². The van der Waals surface area contributed by atoms with Gasteiger partial charge in [-0.1, -0.05) is 17.2 Å². The van der Waals surface area contributed by atoms with Crippen LogP contribution in [-0.2, 0) is 9.59 Å². The smallest absolute Gasteiger partial charge is 0.326 e. The van der Waals surface area contributed by atoms with Gasteiger partial charge in [-0.2, -0.15) is 4.98 Å². The number of nitrogens with two attached hydrogens (primary N) is 1. The van der Waals surface area contributed by atoms with Gasteiger partial charge in [-0.05, 0) is 43.5 Å². The minimum absolute atomic E-state index is 0.0148. The zero-order valence-electron chi connectivity index (χ0n) is 19.8. The highest BCUT2D eigenvalue weighted by molar-refractivity contribution is 8.68. The van der Waals surface area contributed by atoms with Crippen LogP contribution >= 0.6 is 22.5 Å². The lowest BCUT2D eigenvalue weighted by molar-refractivity contribution is -0.139. The van der Waals surface area contributed by atoms with Crippen LogP contribution in [0.15, 0.2) is 35.3 Å². The van der Waals surface area contributed by atoms with Crippen LogP contribution in [-0.4, -0.2) is 54.5 Å². The molecule has 1 aromatic carbocycles. The van der Waals surface area contributed by atoms with Gasteiger partial charge in [0.15, 0.2) is 11.2 Å². The molecule has 0 aliphatic rings. The second kappa shape index (κ2) is 13.6. The lowest BCUT2D eigenvalue weighted by atomic mass is 10.0. The number of carbonyl (C=O) groups is 3. The standard InChI is InChI=1S/C23H27N7O5S2/c24-23-29-19-18(21(33)30-23)28-17(12-25-19)26-14-7-5-13(6-8-14)20(32)27-16(22(34)35)10-9-15(31)4-2-1-3-11-37-36/h5-8,12,16,36H,1-4,9-11H2,(H,26,28)(H,27,32)(H,34,35)(H3,24,25,29,30,33). The van der Waals surface area contributed by atoms with Crippen LogP contribution in [0.4, 0.5) is 17.5 Å². The van der Waals surface area contributed by atoms with Crippen molar-refractivity contribution >= 4 is 68.7 Å². The van der Waals surface area contributed by atoms with Gasteiger partial charge in [-0.25, -0.2) is 14.8 Å². The molecule has 3 aromatic rings. The molecule has 3 rings (SSSR count). The molecule has 14 heteroatoms. The summed E-state index contributed by atoms with van der Waals surface area (Å²) in [6, 6.07) is 5.03. The number of aromatic nitrogens is 4.